The van der Waals surface area contributed by atoms with Crippen LogP contribution in [0.1, 0.15) is 6.42 Å². The van der Waals surface area contributed by atoms with Gasteiger partial charge in [0.05, 0.1) is 0 Å². The second-order valence-electron chi connectivity index (χ2n) is 8.94. The van der Waals surface area contributed by atoms with Crippen molar-refractivity contribution in [3.8, 4) is 0 Å². The molecule has 3 aromatic carbocycles. The molecule has 0 aliphatic carbocycles. The number of carbonyl (C=O) groups excluding carboxylic acids is 1. The van der Waals surface area contributed by atoms with Gasteiger partial charge in [-0.2, -0.15) is 0 Å². The largest absolute Gasteiger partial charge is 0.368 e. The molecule has 4 aromatic rings. The van der Waals surface area contributed by atoms with Crippen molar-refractivity contribution in [1.29, 1.82) is 0 Å². The van der Waals surface area contributed by atoms with Gasteiger partial charge in [-0.15, -0.1) is 0 Å². The van der Waals surface area contributed by atoms with Crippen LogP contribution < -0.4 is 15.1 Å². The molecular formula is C29H31N5OS. The molecule has 2 heterocycles. The van der Waals surface area contributed by atoms with Crippen LogP contribution in [0, 0.1) is 0 Å². The van der Waals surface area contributed by atoms with Gasteiger partial charge in [-0.25, -0.2) is 4.31 Å². The van der Waals surface area contributed by atoms with E-state index in [0.29, 0.717) is 13.0 Å². The summed E-state index contributed by atoms with van der Waals surface area (Å²) in [5.74, 6) is 0.0269. The number of nitrogens with one attached hydrogen (secondary N) is 1. The molecule has 0 spiro atoms. The van der Waals surface area contributed by atoms with E-state index in [9.17, 15) is 4.79 Å². The third-order valence-corrected chi connectivity index (χ3v) is 7.53. The minimum atomic E-state index is 0.0269. The van der Waals surface area contributed by atoms with Crippen molar-refractivity contribution in [2.24, 2.45) is 0 Å². The molecule has 0 bridgehead atoms. The molecule has 0 atom stereocenters. The Morgan fingerprint density at radius 2 is 1.50 bits per heavy atom. The molecule has 7 heteroatoms. The first-order valence-corrected chi connectivity index (χ1v) is 13.1. The molecule has 6 nitrogen and oxygen atoms in total. The van der Waals surface area contributed by atoms with E-state index in [2.05, 4.69) is 91.1 Å². The average Bonchev–Trinajstić information content (AvgIpc) is 2.93. The van der Waals surface area contributed by atoms with Crippen LogP contribution in [0.25, 0.3) is 10.8 Å². The van der Waals surface area contributed by atoms with Gasteiger partial charge in [0.15, 0.2) is 0 Å². The van der Waals surface area contributed by atoms with E-state index in [4.69, 9.17) is 0 Å². The Balaban J connectivity index is 1.08. The summed E-state index contributed by atoms with van der Waals surface area (Å²) >= 11 is 1.68. The van der Waals surface area contributed by atoms with E-state index >= 15 is 0 Å². The van der Waals surface area contributed by atoms with Crippen LogP contribution in [0.3, 0.4) is 0 Å². The van der Waals surface area contributed by atoms with Gasteiger partial charge in [-0.05, 0) is 72.2 Å². The molecule has 0 unspecified atom stereocenters. The lowest BCUT2D eigenvalue weighted by Crippen LogP contribution is -2.46. The highest BCUT2D eigenvalue weighted by atomic mass is 32.2. The van der Waals surface area contributed by atoms with Crippen LogP contribution in [0.4, 0.5) is 17.1 Å². The Labute approximate surface area is 217 Å². The maximum atomic E-state index is 12.6. The number of benzene rings is 3. The Morgan fingerprint density at radius 1 is 0.861 bits per heavy atom. The summed E-state index contributed by atoms with van der Waals surface area (Å²) in [5, 5.41) is 5.51. The second kappa shape index (κ2) is 11.5. The number of hydrogen-bond donors (Lipinski definition) is 1. The number of carbonyl (C=O) groups is 1. The predicted molar refractivity (Wildman–Crippen MR) is 151 cm³/mol. The molecule has 184 valence electrons. The lowest BCUT2D eigenvalue weighted by atomic mass is 10.1. The summed E-state index contributed by atoms with van der Waals surface area (Å²) in [6.07, 6.45) is 4.13. The standard InChI is InChI=1S/C29H31N5OS/c1-32(36-28-8-4-6-23-5-2-3-7-27(23)28)18-15-29(35)31-24-9-11-25(12-10-24)33-19-21-34(22-20-33)26-13-16-30-17-14-26/h2-14,16-17H,15,18-22H2,1H3,(H,31,35). The predicted octanol–water partition coefficient (Wildman–Crippen LogP) is 5.53. The first-order valence-electron chi connectivity index (χ1n) is 12.3. The quantitative estimate of drug-likeness (QED) is 0.323. The van der Waals surface area contributed by atoms with Gasteiger partial charge in [-0.1, -0.05) is 36.4 Å². The zero-order chi connectivity index (χ0) is 24.7. The first-order chi connectivity index (χ1) is 17.7. The third-order valence-electron chi connectivity index (χ3n) is 6.48. The van der Waals surface area contributed by atoms with Gasteiger partial charge in [0, 0.05) is 73.5 Å². The lowest BCUT2D eigenvalue weighted by molar-refractivity contribution is -0.116. The Morgan fingerprint density at radius 3 is 2.22 bits per heavy atom. The molecule has 1 fully saturated rings. The van der Waals surface area contributed by atoms with Gasteiger partial charge in [0.25, 0.3) is 0 Å². The number of piperazine rings is 1. The fourth-order valence-electron chi connectivity index (χ4n) is 4.50. The van der Waals surface area contributed by atoms with Crippen LogP contribution in [-0.4, -0.2) is 55.0 Å². The van der Waals surface area contributed by atoms with Crippen LogP contribution >= 0.6 is 11.9 Å². The van der Waals surface area contributed by atoms with Gasteiger partial charge < -0.3 is 15.1 Å². The average molecular weight is 498 g/mol. The van der Waals surface area contributed by atoms with E-state index in [0.717, 1.165) is 31.9 Å². The number of rotatable bonds is 8. The smallest absolute Gasteiger partial charge is 0.225 e. The van der Waals surface area contributed by atoms with E-state index in [1.807, 2.05) is 31.6 Å². The SMILES string of the molecule is CN(CCC(=O)Nc1ccc(N2CCN(c3ccncc3)CC2)cc1)Sc1cccc2ccccc12. The molecule has 5 rings (SSSR count). The number of nitrogens with zero attached hydrogens (tertiary/aromatic N) is 4. The Bertz CT molecular complexity index is 1280. The second-order valence-corrected chi connectivity index (χ2v) is 10.2. The molecule has 0 radical (unpaired) electrons. The van der Waals surface area contributed by atoms with Gasteiger partial charge >= 0.3 is 0 Å². The molecule has 1 aromatic heterocycles. The number of hydrogen-bond acceptors (Lipinski definition) is 6. The summed E-state index contributed by atoms with van der Waals surface area (Å²) in [5.41, 5.74) is 3.25. The van der Waals surface area contributed by atoms with E-state index in [1.165, 1.54) is 27.0 Å². The highest BCUT2D eigenvalue weighted by Crippen LogP contribution is 2.29. The van der Waals surface area contributed by atoms with Crippen molar-refractivity contribution in [2.45, 2.75) is 11.3 Å². The first kappa shape index (κ1) is 24.2. The third kappa shape index (κ3) is 5.98. The molecule has 1 amide bonds. The van der Waals surface area contributed by atoms with E-state index in [-0.39, 0.29) is 5.91 Å². The summed E-state index contributed by atoms with van der Waals surface area (Å²) in [6, 6.07) is 27.0. The number of aromatic nitrogens is 1. The fraction of sp³-hybridized carbons (Fsp3) is 0.241. The summed E-state index contributed by atoms with van der Waals surface area (Å²) < 4.78 is 2.12. The number of pyridine rings is 1. The Hall–Kier alpha value is -3.55. The zero-order valence-electron chi connectivity index (χ0n) is 20.5. The van der Waals surface area contributed by atoms with Crippen molar-refractivity contribution in [2.75, 3.05) is 54.9 Å². The molecule has 1 saturated heterocycles. The van der Waals surface area contributed by atoms with Crippen LogP contribution in [0.2, 0.25) is 0 Å². The van der Waals surface area contributed by atoms with Crippen molar-refractivity contribution in [3.63, 3.8) is 0 Å². The van der Waals surface area contributed by atoms with Gasteiger partial charge in [0.1, 0.15) is 0 Å². The van der Waals surface area contributed by atoms with E-state index in [1.54, 1.807) is 11.9 Å². The number of amides is 1. The highest BCUT2D eigenvalue weighted by molar-refractivity contribution is 7.97. The van der Waals surface area contributed by atoms with Crippen LogP contribution in [0.15, 0.2) is 96.2 Å². The van der Waals surface area contributed by atoms with Crippen LogP contribution in [-0.2, 0) is 4.79 Å². The number of fused-ring (bicyclic) bond motifs is 1. The lowest BCUT2D eigenvalue weighted by Gasteiger charge is -2.37. The van der Waals surface area contributed by atoms with Crippen LogP contribution in [0.5, 0.6) is 0 Å². The van der Waals surface area contributed by atoms with Gasteiger partial charge in [0.2, 0.25) is 5.91 Å². The minimum Gasteiger partial charge on any atom is -0.368 e. The van der Waals surface area contributed by atoms with Crippen molar-refractivity contribution < 1.29 is 4.79 Å². The molecule has 0 saturated carbocycles. The highest BCUT2D eigenvalue weighted by Gasteiger charge is 2.17. The molecule has 1 N–H and O–H groups in total. The zero-order valence-corrected chi connectivity index (χ0v) is 21.3. The van der Waals surface area contributed by atoms with Crippen molar-refractivity contribution >= 4 is 45.7 Å². The molecular weight excluding hydrogens is 466 g/mol. The molecule has 1 aliphatic rings. The van der Waals surface area contributed by atoms with Crippen molar-refractivity contribution in [3.05, 3.63) is 91.3 Å². The minimum absolute atomic E-state index is 0.0269. The maximum absolute atomic E-state index is 12.6. The number of anilines is 3. The Kier molecular flexibility index (Phi) is 7.69. The summed E-state index contributed by atoms with van der Waals surface area (Å²) in [6.45, 7) is 4.56. The van der Waals surface area contributed by atoms with E-state index < -0.39 is 0 Å². The molecule has 36 heavy (non-hydrogen) atoms. The summed E-state index contributed by atoms with van der Waals surface area (Å²) in [7, 11) is 2.03. The van der Waals surface area contributed by atoms with Crippen molar-refractivity contribution in [1.82, 2.24) is 9.29 Å². The topological polar surface area (TPSA) is 51.7 Å². The molecule has 1 aliphatic heterocycles. The maximum Gasteiger partial charge on any atom is 0.225 e. The monoisotopic (exact) mass is 497 g/mol. The van der Waals surface area contributed by atoms with Gasteiger partial charge in [-0.3, -0.25) is 9.78 Å². The normalized spacial score (nSPS) is 13.8. The fourth-order valence-corrected chi connectivity index (χ4v) is 5.45. The summed E-state index contributed by atoms with van der Waals surface area (Å²) in [4.78, 5) is 22.7.